The van der Waals surface area contributed by atoms with E-state index in [-0.39, 0.29) is 11.9 Å². The highest BCUT2D eigenvalue weighted by Crippen LogP contribution is 2.23. The zero-order valence-corrected chi connectivity index (χ0v) is 12.3. The number of halogens is 1. The molecule has 2 nitrogen and oxygen atoms in total. The van der Waals surface area contributed by atoms with E-state index in [4.69, 9.17) is 0 Å². The van der Waals surface area contributed by atoms with Gasteiger partial charge in [-0.05, 0) is 55.3 Å². The number of benzene rings is 1. The first-order chi connectivity index (χ1) is 9.61. The zero-order chi connectivity index (χ0) is 14.5. The van der Waals surface area contributed by atoms with Gasteiger partial charge in [0, 0.05) is 24.4 Å². The average Bonchev–Trinajstić information content (AvgIpc) is 2.43. The summed E-state index contributed by atoms with van der Waals surface area (Å²) in [4.78, 5) is 4.44. The number of rotatable bonds is 5. The molecule has 0 amide bonds. The normalized spacial score (nSPS) is 12.4. The van der Waals surface area contributed by atoms with E-state index < -0.39 is 0 Å². The molecule has 1 unspecified atom stereocenters. The minimum absolute atomic E-state index is 0.0873. The van der Waals surface area contributed by atoms with E-state index >= 15 is 0 Å². The first-order valence-corrected chi connectivity index (χ1v) is 7.01. The molecule has 0 bridgehead atoms. The standard InChI is InChI=1S/C17H21FN2/c1-4-19-17(11-16-13(3)6-5-9-20-16)15-10-14(18)8-7-12(15)2/h5-10,17,19H,4,11H2,1-3H3. The molecular weight excluding hydrogens is 251 g/mol. The Balaban J connectivity index is 2.32. The summed E-state index contributed by atoms with van der Waals surface area (Å²) in [6.07, 6.45) is 2.58. The molecule has 20 heavy (non-hydrogen) atoms. The van der Waals surface area contributed by atoms with Gasteiger partial charge >= 0.3 is 0 Å². The Kier molecular flexibility index (Phi) is 4.85. The van der Waals surface area contributed by atoms with Crippen LogP contribution >= 0.6 is 0 Å². The molecule has 0 aliphatic carbocycles. The second kappa shape index (κ2) is 6.62. The van der Waals surface area contributed by atoms with Crippen LogP contribution < -0.4 is 5.32 Å². The van der Waals surface area contributed by atoms with Gasteiger partial charge in [0.05, 0.1) is 0 Å². The quantitative estimate of drug-likeness (QED) is 0.897. The molecule has 0 spiro atoms. The molecule has 1 aromatic carbocycles. The molecule has 1 atom stereocenters. The van der Waals surface area contributed by atoms with Crippen LogP contribution in [0.3, 0.4) is 0 Å². The van der Waals surface area contributed by atoms with Crippen molar-refractivity contribution in [2.75, 3.05) is 6.54 Å². The maximum atomic E-state index is 13.5. The minimum atomic E-state index is -0.189. The van der Waals surface area contributed by atoms with Gasteiger partial charge in [0.15, 0.2) is 0 Å². The maximum Gasteiger partial charge on any atom is 0.123 e. The average molecular weight is 272 g/mol. The number of nitrogens with zero attached hydrogens (tertiary/aromatic N) is 1. The van der Waals surface area contributed by atoms with Crippen LogP contribution in [0.2, 0.25) is 0 Å². The number of pyridine rings is 1. The second-order valence-electron chi connectivity index (χ2n) is 5.08. The van der Waals surface area contributed by atoms with Crippen LogP contribution in [0.15, 0.2) is 36.5 Å². The fourth-order valence-corrected chi connectivity index (χ4v) is 2.45. The van der Waals surface area contributed by atoms with Gasteiger partial charge in [-0.2, -0.15) is 0 Å². The van der Waals surface area contributed by atoms with Crippen LogP contribution in [-0.4, -0.2) is 11.5 Å². The van der Waals surface area contributed by atoms with Gasteiger partial charge in [0.2, 0.25) is 0 Å². The summed E-state index contributed by atoms with van der Waals surface area (Å²) in [6, 6.07) is 9.05. The zero-order valence-electron chi connectivity index (χ0n) is 12.3. The molecule has 1 heterocycles. The lowest BCUT2D eigenvalue weighted by Crippen LogP contribution is -2.24. The third-order valence-corrected chi connectivity index (χ3v) is 3.58. The molecular formula is C17H21FN2. The third kappa shape index (κ3) is 3.42. The Hall–Kier alpha value is -1.74. The monoisotopic (exact) mass is 272 g/mol. The topological polar surface area (TPSA) is 24.9 Å². The number of aromatic nitrogens is 1. The van der Waals surface area contributed by atoms with Crippen LogP contribution in [0.25, 0.3) is 0 Å². The van der Waals surface area contributed by atoms with Crippen molar-refractivity contribution >= 4 is 0 Å². The van der Waals surface area contributed by atoms with Gasteiger partial charge in [-0.25, -0.2) is 4.39 Å². The van der Waals surface area contributed by atoms with Crippen molar-refractivity contribution in [3.05, 3.63) is 64.7 Å². The van der Waals surface area contributed by atoms with E-state index in [0.29, 0.717) is 0 Å². The molecule has 106 valence electrons. The fraction of sp³-hybridized carbons (Fsp3) is 0.353. The summed E-state index contributed by atoms with van der Waals surface area (Å²) >= 11 is 0. The second-order valence-corrected chi connectivity index (χ2v) is 5.08. The van der Waals surface area contributed by atoms with Crippen LogP contribution in [0.1, 0.15) is 35.3 Å². The van der Waals surface area contributed by atoms with E-state index in [9.17, 15) is 4.39 Å². The summed E-state index contributed by atoms with van der Waals surface area (Å²) < 4.78 is 13.5. The first kappa shape index (κ1) is 14.7. The number of aryl methyl sites for hydroxylation is 2. The number of nitrogens with one attached hydrogen (secondary N) is 1. The van der Waals surface area contributed by atoms with Crippen molar-refractivity contribution in [2.24, 2.45) is 0 Å². The van der Waals surface area contributed by atoms with Crippen molar-refractivity contribution in [3.63, 3.8) is 0 Å². The Bertz CT molecular complexity index is 581. The first-order valence-electron chi connectivity index (χ1n) is 7.01. The van der Waals surface area contributed by atoms with Gasteiger partial charge in [-0.15, -0.1) is 0 Å². The Morgan fingerprint density at radius 3 is 2.70 bits per heavy atom. The molecule has 0 aliphatic heterocycles. The molecule has 0 fully saturated rings. The maximum absolute atomic E-state index is 13.5. The number of hydrogen-bond donors (Lipinski definition) is 1. The minimum Gasteiger partial charge on any atom is -0.310 e. The van der Waals surface area contributed by atoms with Crippen LogP contribution in [0.4, 0.5) is 4.39 Å². The summed E-state index contributed by atoms with van der Waals surface area (Å²) in [6.45, 7) is 6.98. The molecule has 3 heteroatoms. The van der Waals surface area contributed by atoms with Crippen molar-refractivity contribution < 1.29 is 4.39 Å². The van der Waals surface area contributed by atoms with Crippen LogP contribution in [0.5, 0.6) is 0 Å². The molecule has 0 saturated carbocycles. The smallest absolute Gasteiger partial charge is 0.123 e. The lowest BCUT2D eigenvalue weighted by Gasteiger charge is -2.21. The van der Waals surface area contributed by atoms with Crippen molar-refractivity contribution in [1.82, 2.24) is 10.3 Å². The highest BCUT2D eigenvalue weighted by Gasteiger charge is 2.16. The van der Waals surface area contributed by atoms with Gasteiger partial charge in [-0.3, -0.25) is 4.98 Å². The fourth-order valence-electron chi connectivity index (χ4n) is 2.45. The predicted octanol–water partition coefficient (Wildman–Crippen LogP) is 3.73. The summed E-state index contributed by atoms with van der Waals surface area (Å²) in [7, 11) is 0. The summed E-state index contributed by atoms with van der Waals surface area (Å²) in [5.74, 6) is -0.189. The van der Waals surface area contributed by atoms with E-state index in [2.05, 4.69) is 30.2 Å². The van der Waals surface area contributed by atoms with Gasteiger partial charge in [0.25, 0.3) is 0 Å². The molecule has 0 aliphatic rings. The largest absolute Gasteiger partial charge is 0.310 e. The molecule has 1 N–H and O–H groups in total. The van der Waals surface area contributed by atoms with E-state index in [1.54, 1.807) is 6.07 Å². The van der Waals surface area contributed by atoms with Gasteiger partial charge < -0.3 is 5.32 Å². The highest BCUT2D eigenvalue weighted by molar-refractivity contribution is 5.31. The lowest BCUT2D eigenvalue weighted by atomic mass is 9.96. The van der Waals surface area contributed by atoms with Crippen molar-refractivity contribution in [1.29, 1.82) is 0 Å². The SMILES string of the molecule is CCNC(Cc1ncccc1C)c1cc(F)ccc1C. The number of likely N-dealkylation sites (N-methyl/N-ethyl adjacent to an activating group) is 1. The Morgan fingerprint density at radius 2 is 2.00 bits per heavy atom. The summed E-state index contributed by atoms with van der Waals surface area (Å²) in [5, 5.41) is 3.44. The lowest BCUT2D eigenvalue weighted by molar-refractivity contribution is 0.534. The van der Waals surface area contributed by atoms with Crippen molar-refractivity contribution in [3.8, 4) is 0 Å². The van der Waals surface area contributed by atoms with E-state index in [1.165, 1.54) is 11.6 Å². The van der Waals surface area contributed by atoms with Gasteiger partial charge in [0.1, 0.15) is 5.82 Å². The Labute approximate surface area is 120 Å². The molecule has 2 aromatic rings. The van der Waals surface area contributed by atoms with Crippen LogP contribution in [0, 0.1) is 19.7 Å². The molecule has 1 aromatic heterocycles. The summed E-state index contributed by atoms with van der Waals surface area (Å²) in [5.41, 5.74) is 4.34. The highest BCUT2D eigenvalue weighted by atomic mass is 19.1. The van der Waals surface area contributed by atoms with E-state index in [0.717, 1.165) is 29.8 Å². The number of hydrogen-bond acceptors (Lipinski definition) is 2. The predicted molar refractivity (Wildman–Crippen MR) is 80.2 cm³/mol. The third-order valence-electron chi connectivity index (χ3n) is 3.58. The van der Waals surface area contributed by atoms with Gasteiger partial charge in [-0.1, -0.05) is 19.1 Å². The van der Waals surface area contributed by atoms with Crippen LogP contribution in [-0.2, 0) is 6.42 Å². The molecule has 2 rings (SSSR count). The van der Waals surface area contributed by atoms with E-state index in [1.807, 2.05) is 25.3 Å². The Morgan fingerprint density at radius 1 is 1.20 bits per heavy atom. The van der Waals surface area contributed by atoms with Crippen molar-refractivity contribution in [2.45, 2.75) is 33.2 Å². The molecule has 0 radical (unpaired) electrons. The molecule has 0 saturated heterocycles.